The number of anilines is 5. The summed E-state index contributed by atoms with van der Waals surface area (Å²) in [6.45, 7) is 8.83. The molecule has 6 aromatic carbocycles. The molecule has 1 aliphatic rings. The summed E-state index contributed by atoms with van der Waals surface area (Å²) in [6, 6.07) is 49.3. The minimum absolute atomic E-state index is 0. The van der Waals surface area contributed by atoms with Gasteiger partial charge in [0.15, 0.2) is 0 Å². The van der Waals surface area contributed by atoms with Crippen LogP contribution in [0.1, 0.15) is 85.7 Å². The summed E-state index contributed by atoms with van der Waals surface area (Å²) in [4.78, 5) is 4.61. The van der Waals surface area contributed by atoms with Gasteiger partial charge < -0.3 is 9.80 Å². The van der Waals surface area contributed by atoms with E-state index in [0.29, 0.717) is 0 Å². The van der Waals surface area contributed by atoms with Gasteiger partial charge in [-0.3, -0.25) is 0 Å². The van der Waals surface area contributed by atoms with Crippen LogP contribution in [0, 0.1) is 42.9 Å². The maximum Gasteiger partial charge on any atom is 0.0806 e. The highest BCUT2D eigenvalue weighted by molar-refractivity contribution is 5.87. The van der Waals surface area contributed by atoms with Crippen molar-refractivity contribution in [3.63, 3.8) is 0 Å². The molecule has 6 aromatic rings. The molecule has 0 N–H and O–H groups in total. The summed E-state index contributed by atoms with van der Waals surface area (Å²) in [5, 5.41) is 0. The number of fused-ring (bicyclic) bond motifs is 3. The zero-order valence-electron chi connectivity index (χ0n) is 33.4. The molecule has 292 valence electrons. The predicted octanol–water partition coefficient (Wildman–Crippen LogP) is 15.5. The molecule has 0 amide bonds. The van der Waals surface area contributed by atoms with Gasteiger partial charge in [0.2, 0.25) is 0 Å². The third-order valence-electron chi connectivity index (χ3n) is 11.2. The lowest BCUT2D eigenvalue weighted by Crippen LogP contribution is -2.19. The number of nitrogens with zero attached hydrogens (tertiary/aromatic N) is 2. The average Bonchev–Trinajstić information content (AvgIpc) is 3.48. The molecule has 0 radical (unpaired) electrons. The predicted molar refractivity (Wildman–Crippen MR) is 256 cm³/mol. The van der Waals surface area contributed by atoms with E-state index in [0.717, 1.165) is 35.6 Å². The van der Waals surface area contributed by atoms with Gasteiger partial charge in [0.25, 0.3) is 0 Å². The van der Waals surface area contributed by atoms with Crippen LogP contribution in [0.4, 0.5) is 28.4 Å². The number of benzene rings is 6. The lowest BCUT2D eigenvalue weighted by Gasteiger charge is -2.28. The first-order valence-corrected chi connectivity index (χ1v) is 20.0. The summed E-state index contributed by atoms with van der Waals surface area (Å²) in [6.07, 6.45) is 12.4. The van der Waals surface area contributed by atoms with Gasteiger partial charge >= 0.3 is 0 Å². The monoisotopic (exact) mass is 743 g/mol. The number of hydrogen-bond donors (Lipinski definition) is 0. The van der Waals surface area contributed by atoms with Crippen LogP contribution in [0.5, 0.6) is 0 Å². The van der Waals surface area contributed by atoms with Gasteiger partial charge in [-0.2, -0.15) is 0 Å². The van der Waals surface area contributed by atoms with Crippen molar-refractivity contribution in [2.75, 3.05) is 16.8 Å². The summed E-state index contributed by atoms with van der Waals surface area (Å²) >= 11 is 0. The molecular formula is C54H66N2. The Morgan fingerprint density at radius 1 is 0.554 bits per heavy atom. The second kappa shape index (κ2) is 17.0. The number of terminal acetylenes is 1. The van der Waals surface area contributed by atoms with Crippen molar-refractivity contribution in [2.45, 2.75) is 71.6 Å². The van der Waals surface area contributed by atoms with E-state index in [2.05, 4.69) is 208 Å². The molecule has 1 aliphatic carbocycles. The minimum Gasteiger partial charge on any atom is -0.345 e. The molecule has 2 nitrogen and oxygen atoms in total. The van der Waals surface area contributed by atoms with E-state index in [1.165, 1.54) is 81.4 Å². The maximum atomic E-state index is 5.42. The van der Waals surface area contributed by atoms with E-state index in [9.17, 15) is 0 Å². The van der Waals surface area contributed by atoms with Crippen LogP contribution in [0.3, 0.4) is 0 Å². The van der Waals surface area contributed by atoms with Crippen LogP contribution in [0.25, 0.3) is 22.3 Å². The van der Waals surface area contributed by atoms with Crippen LogP contribution in [-0.4, -0.2) is 7.05 Å². The highest BCUT2D eigenvalue weighted by Crippen LogP contribution is 2.51. The van der Waals surface area contributed by atoms with Crippen LogP contribution in [0.15, 0.2) is 133 Å². The number of unbranched alkanes of at least 4 members (excludes halogenated alkanes) is 2. The Kier molecular flexibility index (Phi) is 11.5. The Morgan fingerprint density at radius 2 is 1.02 bits per heavy atom. The highest BCUT2D eigenvalue weighted by atomic mass is 15.1. The van der Waals surface area contributed by atoms with E-state index < -0.39 is 5.41 Å². The SMILES string of the molecule is C#CC#CC#CC1(C)c2cc(C)ccc2-c2ccc(N(c3ccc(CCCC)cc3)c3ccc(-c4ccc(N(C)c5ccc(CCCC)cc5)cc4)cc3)cc21.[HH].[HH].[HH].[HH].[HH].[HH].[HH].[HH]. The lowest BCUT2D eigenvalue weighted by atomic mass is 9.80. The molecule has 7 rings (SSSR count). The summed E-state index contributed by atoms with van der Waals surface area (Å²) in [5.74, 6) is 14.5. The van der Waals surface area contributed by atoms with Gasteiger partial charge in [0, 0.05) is 46.9 Å². The van der Waals surface area contributed by atoms with Crippen molar-refractivity contribution in [1.82, 2.24) is 0 Å². The molecule has 0 spiro atoms. The minimum atomic E-state index is -0.548. The first-order chi connectivity index (χ1) is 27.3. The maximum absolute atomic E-state index is 5.42. The van der Waals surface area contributed by atoms with Crippen molar-refractivity contribution in [1.29, 1.82) is 0 Å². The molecule has 1 atom stereocenters. The van der Waals surface area contributed by atoms with Gasteiger partial charge in [-0.05, 0) is 168 Å². The molecule has 0 fully saturated rings. The molecule has 2 heteroatoms. The number of hydrogen-bond acceptors (Lipinski definition) is 2. The summed E-state index contributed by atoms with van der Waals surface area (Å²) < 4.78 is 0. The second-order valence-electron chi connectivity index (χ2n) is 15.1. The molecular weight excluding hydrogens is 677 g/mol. The average molecular weight is 743 g/mol. The third-order valence-corrected chi connectivity index (χ3v) is 11.2. The fourth-order valence-corrected chi connectivity index (χ4v) is 7.87. The van der Waals surface area contributed by atoms with Gasteiger partial charge in [-0.25, -0.2) is 0 Å². The molecule has 0 saturated heterocycles. The van der Waals surface area contributed by atoms with Crippen molar-refractivity contribution < 1.29 is 11.4 Å². The molecule has 0 aromatic heterocycles. The van der Waals surface area contributed by atoms with Gasteiger partial charge in [0.05, 0.1) is 5.41 Å². The number of aryl methyl sites for hydroxylation is 3. The Bertz CT molecular complexity index is 2510. The largest absolute Gasteiger partial charge is 0.345 e. The van der Waals surface area contributed by atoms with E-state index in [4.69, 9.17) is 6.42 Å². The highest BCUT2D eigenvalue weighted by Gasteiger charge is 2.39. The molecule has 1 unspecified atom stereocenters. The fourth-order valence-electron chi connectivity index (χ4n) is 7.87. The van der Waals surface area contributed by atoms with E-state index >= 15 is 0 Å². The Balaban J connectivity index is 0. The first-order valence-electron chi connectivity index (χ1n) is 20.0. The molecule has 56 heavy (non-hydrogen) atoms. The standard InChI is InChI=1S/C54H50N2.8H2/c1-7-10-13-14-37-54(5)52-38-40(4)17-35-50(52)51-36-34-49(39-53(51)54)56(47-28-20-42(21-29-47)16-12-9-3)48-32-24-44(25-33-48)43-22-30-46(31-23-43)55(6)45-26-18-41(19-27-45)15-11-8-2;;;;;;;;/h1,17-36,38-39H,8-9,11-12,15-16H2,2-6H3;8*1H. The first kappa shape index (κ1) is 37.9. The van der Waals surface area contributed by atoms with Crippen LogP contribution in [-0.2, 0) is 18.3 Å². The fraction of sp³-hybridized carbons (Fsp3) is 0.222. The normalized spacial score (nSPS) is 13.6. The van der Waals surface area contributed by atoms with Crippen LogP contribution < -0.4 is 9.80 Å². The van der Waals surface area contributed by atoms with Crippen molar-refractivity contribution >= 4 is 28.4 Å². The second-order valence-corrected chi connectivity index (χ2v) is 15.1. The molecule has 0 heterocycles. The molecule has 0 saturated carbocycles. The topological polar surface area (TPSA) is 6.48 Å². The Morgan fingerprint density at radius 3 is 1.55 bits per heavy atom. The zero-order valence-corrected chi connectivity index (χ0v) is 33.4. The lowest BCUT2D eigenvalue weighted by molar-refractivity contribution is 0.777. The van der Waals surface area contributed by atoms with E-state index in [-0.39, 0.29) is 11.4 Å². The molecule has 0 aliphatic heterocycles. The Hall–Kier alpha value is -6.40. The third kappa shape index (κ3) is 7.87. The smallest absolute Gasteiger partial charge is 0.0806 e. The van der Waals surface area contributed by atoms with E-state index in [1.54, 1.807) is 0 Å². The van der Waals surface area contributed by atoms with Crippen molar-refractivity contribution in [3.05, 3.63) is 161 Å². The molecule has 0 bridgehead atoms. The zero-order chi connectivity index (χ0) is 39.1. The van der Waals surface area contributed by atoms with Crippen LogP contribution in [0.2, 0.25) is 0 Å². The summed E-state index contributed by atoms with van der Waals surface area (Å²) in [5.41, 5.74) is 16.2. The van der Waals surface area contributed by atoms with Crippen molar-refractivity contribution in [2.24, 2.45) is 0 Å². The van der Waals surface area contributed by atoms with E-state index in [1.807, 2.05) is 0 Å². The van der Waals surface area contributed by atoms with Gasteiger partial charge in [-0.1, -0.05) is 111 Å². The quantitative estimate of drug-likeness (QED) is 0.115. The van der Waals surface area contributed by atoms with Gasteiger partial charge in [0.1, 0.15) is 0 Å². The Labute approximate surface area is 347 Å². The van der Waals surface area contributed by atoms with Crippen molar-refractivity contribution in [3.8, 4) is 58.3 Å². The number of rotatable bonds is 12. The van der Waals surface area contributed by atoms with Crippen LogP contribution >= 0.6 is 0 Å². The van der Waals surface area contributed by atoms with Gasteiger partial charge in [-0.15, -0.1) is 6.42 Å². The summed E-state index contributed by atoms with van der Waals surface area (Å²) in [7, 11) is 2.14.